The largest absolute Gasteiger partial charge is 0.474 e. The summed E-state index contributed by atoms with van der Waals surface area (Å²) in [5, 5.41) is 10.6. The van der Waals surface area contributed by atoms with Crippen molar-refractivity contribution in [2.45, 2.75) is 33.9 Å². The highest BCUT2D eigenvalue weighted by atomic mass is 32.2. The molecule has 2 aromatic rings. The second-order valence-corrected chi connectivity index (χ2v) is 11.8. The number of sulfone groups is 1. The monoisotopic (exact) mass is 517 g/mol. The van der Waals surface area contributed by atoms with Crippen LogP contribution in [0.4, 0.5) is 11.4 Å². The van der Waals surface area contributed by atoms with Crippen LogP contribution in [-0.2, 0) is 24.2 Å². The zero-order chi connectivity index (χ0) is 25.2. The third kappa shape index (κ3) is 5.85. The molecular formula is C24H27N3O6S2. The van der Waals surface area contributed by atoms with Gasteiger partial charge in [0, 0.05) is 28.5 Å². The van der Waals surface area contributed by atoms with Gasteiger partial charge in [0.15, 0.2) is 9.84 Å². The molecule has 186 valence electrons. The molecular weight excluding hydrogens is 490 g/mol. The van der Waals surface area contributed by atoms with Crippen LogP contribution in [0.2, 0.25) is 0 Å². The summed E-state index contributed by atoms with van der Waals surface area (Å²) in [6, 6.07) is 13.3. The molecule has 0 atom stereocenters. The Kier molecular flexibility index (Phi) is 7.48. The van der Waals surface area contributed by atoms with Gasteiger partial charge in [-0.2, -0.15) is 0 Å². The van der Waals surface area contributed by atoms with Gasteiger partial charge in [-0.25, -0.2) is 13.2 Å². The number of carbonyl (C=O) groups excluding carboxylic acids is 2. The van der Waals surface area contributed by atoms with E-state index in [0.717, 1.165) is 34.1 Å². The quantitative estimate of drug-likeness (QED) is 0.556. The molecule has 2 aliphatic rings. The number of hydrogen-bond acceptors (Lipinski definition) is 8. The molecule has 2 N–H and O–H groups in total. The molecule has 0 aromatic heterocycles. The van der Waals surface area contributed by atoms with E-state index >= 15 is 0 Å². The van der Waals surface area contributed by atoms with E-state index in [1.165, 1.54) is 6.26 Å². The predicted octanol–water partition coefficient (Wildman–Crippen LogP) is 2.52. The molecule has 11 heteroatoms. The third-order valence-corrected chi connectivity index (χ3v) is 8.51. The number of aliphatic carboxylic acids is 1. The molecule has 9 nitrogen and oxygen atoms in total. The number of amides is 2. The van der Waals surface area contributed by atoms with Crippen LogP contribution < -0.4 is 10.2 Å². The van der Waals surface area contributed by atoms with Gasteiger partial charge in [-0.05, 0) is 69.2 Å². The van der Waals surface area contributed by atoms with Gasteiger partial charge in [-0.1, -0.05) is 23.9 Å². The Morgan fingerprint density at radius 3 is 2.40 bits per heavy atom. The van der Waals surface area contributed by atoms with Crippen LogP contribution in [0.3, 0.4) is 0 Å². The maximum atomic E-state index is 12.2. The lowest BCUT2D eigenvalue weighted by Crippen LogP contribution is -2.44. The van der Waals surface area contributed by atoms with Crippen molar-refractivity contribution in [1.82, 2.24) is 10.2 Å². The summed E-state index contributed by atoms with van der Waals surface area (Å²) in [6.45, 7) is 2.86. The highest BCUT2D eigenvalue weighted by Crippen LogP contribution is 2.48. The zero-order valence-corrected chi connectivity index (χ0v) is 20.9. The fraction of sp³-hybridized carbons (Fsp3) is 0.375. The molecule has 0 unspecified atom stereocenters. The number of likely N-dealkylation sites (tertiary alicyclic amines) is 1. The number of anilines is 2. The van der Waals surface area contributed by atoms with E-state index in [0.29, 0.717) is 37.4 Å². The number of fused-ring (bicyclic) bond motifs is 2. The Morgan fingerprint density at radius 1 is 1.03 bits per heavy atom. The number of carboxylic acids is 1. The summed E-state index contributed by atoms with van der Waals surface area (Å²) < 4.78 is 24.3. The molecule has 2 aromatic carbocycles. The number of rotatable bonds is 6. The second-order valence-electron chi connectivity index (χ2n) is 8.72. The Morgan fingerprint density at radius 2 is 1.71 bits per heavy atom. The molecule has 4 rings (SSSR count). The van der Waals surface area contributed by atoms with Crippen molar-refractivity contribution in [3.63, 3.8) is 0 Å². The molecule has 2 amide bonds. The average Bonchev–Trinajstić information content (AvgIpc) is 2.83. The van der Waals surface area contributed by atoms with Crippen molar-refractivity contribution in [2.24, 2.45) is 5.92 Å². The maximum absolute atomic E-state index is 12.2. The smallest absolute Gasteiger partial charge is 0.394 e. The average molecular weight is 518 g/mol. The number of piperidine rings is 1. The van der Waals surface area contributed by atoms with Gasteiger partial charge in [-0.15, -0.1) is 0 Å². The van der Waals surface area contributed by atoms with E-state index < -0.39 is 27.6 Å². The van der Waals surface area contributed by atoms with E-state index in [1.807, 2.05) is 29.6 Å². The number of nitrogens with zero attached hydrogens (tertiary/aromatic N) is 2. The number of para-hydroxylation sites is 1. The maximum Gasteiger partial charge on any atom is 0.394 e. The van der Waals surface area contributed by atoms with Gasteiger partial charge >= 0.3 is 11.9 Å². The van der Waals surface area contributed by atoms with Crippen LogP contribution in [0.25, 0.3) is 0 Å². The summed E-state index contributed by atoms with van der Waals surface area (Å²) in [7, 11) is -3.33. The molecule has 0 aliphatic carbocycles. The minimum absolute atomic E-state index is 0.294. The number of hydrogen-bond donors (Lipinski definition) is 2. The Bertz CT molecular complexity index is 1260. The number of imide groups is 1. The number of nitrogens with one attached hydrogen (secondary N) is 1. The van der Waals surface area contributed by atoms with Crippen LogP contribution in [0, 0.1) is 5.92 Å². The minimum Gasteiger partial charge on any atom is -0.474 e. The first-order valence-corrected chi connectivity index (χ1v) is 14.0. The summed E-state index contributed by atoms with van der Waals surface area (Å²) >= 11 is 1.63. The SMILES string of the molecule is CS(=O)(=O)c1ccc2c(c1)N(CCCN1CCC(C(=O)NC(=O)C(=O)O)CC1)c1ccccc1S2. The van der Waals surface area contributed by atoms with E-state index in [2.05, 4.69) is 15.9 Å². The van der Waals surface area contributed by atoms with Crippen LogP contribution in [0.1, 0.15) is 19.3 Å². The first-order chi connectivity index (χ1) is 16.6. The highest BCUT2D eigenvalue weighted by Gasteiger charge is 2.28. The molecule has 2 heterocycles. The van der Waals surface area contributed by atoms with E-state index in [-0.39, 0.29) is 5.92 Å². The van der Waals surface area contributed by atoms with Crippen molar-refractivity contribution < 1.29 is 27.9 Å². The van der Waals surface area contributed by atoms with Crippen molar-refractivity contribution in [1.29, 1.82) is 0 Å². The van der Waals surface area contributed by atoms with Gasteiger partial charge in [0.25, 0.3) is 0 Å². The molecule has 0 radical (unpaired) electrons. The van der Waals surface area contributed by atoms with Gasteiger partial charge < -0.3 is 14.9 Å². The fourth-order valence-electron chi connectivity index (χ4n) is 4.42. The van der Waals surface area contributed by atoms with Crippen LogP contribution >= 0.6 is 11.8 Å². The van der Waals surface area contributed by atoms with E-state index in [9.17, 15) is 22.8 Å². The zero-order valence-electron chi connectivity index (χ0n) is 19.3. The lowest BCUT2D eigenvalue weighted by atomic mass is 9.96. The first kappa shape index (κ1) is 25.2. The predicted molar refractivity (Wildman–Crippen MR) is 132 cm³/mol. The number of benzene rings is 2. The first-order valence-electron chi connectivity index (χ1n) is 11.3. The van der Waals surface area contributed by atoms with Gasteiger partial charge in [-0.3, -0.25) is 14.9 Å². The molecule has 1 fully saturated rings. The minimum atomic E-state index is -3.33. The summed E-state index contributed by atoms with van der Waals surface area (Å²) in [5.41, 5.74) is 1.93. The van der Waals surface area contributed by atoms with Crippen molar-refractivity contribution in [3.05, 3.63) is 42.5 Å². The Balaban J connectivity index is 1.39. The molecule has 2 aliphatic heterocycles. The Labute approximate surface area is 208 Å². The summed E-state index contributed by atoms with van der Waals surface area (Å²) in [6.07, 6.45) is 3.16. The highest BCUT2D eigenvalue weighted by molar-refractivity contribution is 7.99. The lowest BCUT2D eigenvalue weighted by molar-refractivity contribution is -0.152. The topological polar surface area (TPSA) is 124 Å². The van der Waals surface area contributed by atoms with E-state index in [1.54, 1.807) is 23.9 Å². The lowest BCUT2D eigenvalue weighted by Gasteiger charge is -2.35. The number of carbonyl (C=O) groups is 3. The van der Waals surface area contributed by atoms with Gasteiger partial charge in [0.05, 0.1) is 16.3 Å². The molecule has 0 bridgehead atoms. The Hall–Kier alpha value is -2.89. The molecule has 0 saturated carbocycles. The molecule has 35 heavy (non-hydrogen) atoms. The summed E-state index contributed by atoms with van der Waals surface area (Å²) in [4.78, 5) is 40.8. The van der Waals surface area contributed by atoms with Crippen LogP contribution in [0.5, 0.6) is 0 Å². The number of carboxylic acid groups (broad SMARTS) is 1. The van der Waals surface area contributed by atoms with Gasteiger partial charge in [0.1, 0.15) is 0 Å². The standard InChI is InChI=1S/C24H27N3O6S2/c1-35(32,33)17-7-8-21-19(15-17)27(18-5-2-3-6-20(18)34-21)12-4-11-26-13-9-16(10-14-26)22(28)25-23(29)24(30)31/h2-3,5-8,15-16H,4,9-14H2,1H3,(H,30,31)(H,25,28,29). The fourth-order valence-corrected chi connectivity index (χ4v) is 6.14. The normalized spacial score (nSPS) is 16.3. The van der Waals surface area contributed by atoms with E-state index in [4.69, 9.17) is 5.11 Å². The van der Waals surface area contributed by atoms with Crippen LogP contribution in [-0.4, -0.2) is 68.6 Å². The van der Waals surface area contributed by atoms with Crippen LogP contribution in [0.15, 0.2) is 57.2 Å². The van der Waals surface area contributed by atoms with Crippen molar-refractivity contribution >= 4 is 50.8 Å². The molecule has 0 spiro atoms. The summed E-state index contributed by atoms with van der Waals surface area (Å²) in [5.74, 6) is -3.87. The second kappa shape index (κ2) is 10.4. The van der Waals surface area contributed by atoms with Gasteiger partial charge in [0.2, 0.25) is 5.91 Å². The molecule has 1 saturated heterocycles. The third-order valence-electron chi connectivity index (χ3n) is 6.27. The van der Waals surface area contributed by atoms with Crippen molar-refractivity contribution in [3.8, 4) is 0 Å². The van der Waals surface area contributed by atoms with Crippen molar-refractivity contribution in [2.75, 3.05) is 37.3 Å².